The van der Waals surface area contributed by atoms with Crippen LogP contribution >= 0.6 is 24.0 Å². The van der Waals surface area contributed by atoms with Crippen LogP contribution < -0.4 is 16.0 Å². The number of ether oxygens (including phenoxy) is 1. The van der Waals surface area contributed by atoms with Crippen molar-refractivity contribution in [2.24, 2.45) is 4.99 Å². The lowest BCUT2D eigenvalue weighted by molar-refractivity contribution is 0.0529. The monoisotopic (exact) mass is 496 g/mol. The number of carbonyl (C=O) groups excluding carboxylic acids is 1. The van der Waals surface area contributed by atoms with Gasteiger partial charge < -0.3 is 20.7 Å². The predicted octanol–water partition coefficient (Wildman–Crippen LogP) is 2.10. The summed E-state index contributed by atoms with van der Waals surface area (Å²) in [5.41, 5.74) is -0.510. The molecule has 0 aliphatic carbocycles. The molecule has 1 aromatic rings. The molecule has 148 valence electrons. The highest BCUT2D eigenvalue weighted by molar-refractivity contribution is 14.0. The first-order valence-electron chi connectivity index (χ1n) is 8.16. The van der Waals surface area contributed by atoms with Crippen molar-refractivity contribution in [1.82, 2.24) is 16.0 Å². The molecule has 0 saturated heterocycles. The van der Waals surface area contributed by atoms with Crippen molar-refractivity contribution in [3.63, 3.8) is 0 Å². The Morgan fingerprint density at radius 1 is 1.08 bits per heavy atom. The number of carbonyl (C=O) groups is 1. The molecule has 0 heterocycles. The fourth-order valence-electron chi connectivity index (χ4n) is 1.83. The van der Waals surface area contributed by atoms with Crippen molar-refractivity contribution in [3.8, 4) is 0 Å². The minimum absolute atomic E-state index is 0. The molecule has 0 aromatic heterocycles. The van der Waals surface area contributed by atoms with Gasteiger partial charge in [-0.3, -0.25) is 9.20 Å². The zero-order chi connectivity index (χ0) is 18.7. The second-order valence-corrected chi connectivity index (χ2v) is 7.79. The maximum absolute atomic E-state index is 12.1. The van der Waals surface area contributed by atoms with Gasteiger partial charge in [0.2, 0.25) is 0 Å². The van der Waals surface area contributed by atoms with Gasteiger partial charge in [0.25, 0.3) is 0 Å². The third-order valence-electron chi connectivity index (χ3n) is 2.90. The summed E-state index contributed by atoms with van der Waals surface area (Å²) in [6.07, 6.45) is -0.449. The Morgan fingerprint density at radius 2 is 1.65 bits per heavy atom. The highest BCUT2D eigenvalue weighted by Crippen LogP contribution is 2.06. The Labute approximate surface area is 175 Å². The normalized spacial score (nSPS) is 12.5. The maximum atomic E-state index is 12.1. The zero-order valence-corrected chi connectivity index (χ0v) is 18.9. The topological polar surface area (TPSA) is 91.8 Å². The molecule has 0 bridgehead atoms. The van der Waals surface area contributed by atoms with Gasteiger partial charge in [0.1, 0.15) is 5.60 Å². The molecule has 1 unspecified atom stereocenters. The van der Waals surface area contributed by atoms with Crippen LogP contribution in [0.4, 0.5) is 4.79 Å². The van der Waals surface area contributed by atoms with Gasteiger partial charge in [0.15, 0.2) is 5.96 Å². The maximum Gasteiger partial charge on any atom is 0.407 e. The van der Waals surface area contributed by atoms with Gasteiger partial charge in [-0.25, -0.2) is 4.79 Å². The first-order chi connectivity index (χ1) is 11.8. The molecule has 0 spiro atoms. The molecule has 1 atom stereocenters. The van der Waals surface area contributed by atoms with E-state index in [1.807, 2.05) is 51.1 Å². The molecule has 3 N–H and O–H groups in total. The summed E-state index contributed by atoms with van der Waals surface area (Å²) in [7, 11) is 0.614. The van der Waals surface area contributed by atoms with Crippen LogP contribution in [0.5, 0.6) is 0 Å². The second-order valence-electron chi connectivity index (χ2n) is 6.22. The molecule has 9 heteroatoms. The second kappa shape index (κ2) is 12.9. The van der Waals surface area contributed by atoms with Crippen LogP contribution in [0.3, 0.4) is 0 Å². The van der Waals surface area contributed by atoms with Gasteiger partial charge in [0.05, 0.1) is 10.8 Å². The van der Waals surface area contributed by atoms with E-state index in [1.165, 1.54) is 0 Å². The van der Waals surface area contributed by atoms with Gasteiger partial charge >= 0.3 is 6.09 Å². The molecule has 0 aliphatic rings. The van der Waals surface area contributed by atoms with Crippen molar-refractivity contribution >= 4 is 46.8 Å². The standard InChI is InChI=1S/C17H28N4O3S.HI/c1-17(2,3)24-16(22)21-11-10-19-15(18-4)20-12-13-25(23)14-8-6-5-7-9-14;/h5-9H,10-13H2,1-4H3,(H,21,22)(H2,18,19,20);1H. The first kappa shape index (κ1) is 24.6. The van der Waals surface area contributed by atoms with Gasteiger partial charge in [-0.05, 0) is 32.9 Å². The number of aliphatic imine (C=N–C) groups is 1. The average Bonchev–Trinajstić information content (AvgIpc) is 2.56. The number of hydrogen-bond donors (Lipinski definition) is 3. The summed E-state index contributed by atoms with van der Waals surface area (Å²) in [5, 5.41) is 8.83. The molecule has 0 aliphatic heterocycles. The lowest BCUT2D eigenvalue weighted by Gasteiger charge is -2.19. The van der Waals surface area contributed by atoms with E-state index < -0.39 is 22.5 Å². The molecule has 0 fully saturated rings. The molecule has 1 amide bonds. The van der Waals surface area contributed by atoms with E-state index in [-0.39, 0.29) is 24.0 Å². The number of alkyl carbamates (subject to hydrolysis) is 1. The van der Waals surface area contributed by atoms with E-state index in [0.29, 0.717) is 31.3 Å². The number of benzene rings is 1. The Bertz CT molecular complexity index is 591. The highest BCUT2D eigenvalue weighted by atomic mass is 127. The summed E-state index contributed by atoms with van der Waals surface area (Å²) in [6, 6.07) is 9.35. The molecule has 0 radical (unpaired) electrons. The number of nitrogens with one attached hydrogen (secondary N) is 3. The smallest absolute Gasteiger partial charge is 0.407 e. The van der Waals surface area contributed by atoms with Crippen molar-refractivity contribution in [2.75, 3.05) is 32.4 Å². The molecular formula is C17H29IN4O3S. The molecular weight excluding hydrogens is 467 g/mol. The van der Waals surface area contributed by atoms with Gasteiger partial charge in [0, 0.05) is 37.3 Å². The first-order valence-corrected chi connectivity index (χ1v) is 9.48. The fourth-order valence-corrected chi connectivity index (χ4v) is 2.82. The summed E-state index contributed by atoms with van der Waals surface area (Å²) >= 11 is 0. The number of guanidine groups is 1. The van der Waals surface area contributed by atoms with Crippen molar-refractivity contribution in [1.29, 1.82) is 0 Å². The van der Waals surface area contributed by atoms with E-state index in [9.17, 15) is 9.00 Å². The Kier molecular flexibility index (Phi) is 12.2. The van der Waals surface area contributed by atoms with Crippen LogP contribution in [0, 0.1) is 0 Å². The van der Waals surface area contributed by atoms with Crippen LogP contribution in [-0.4, -0.2) is 54.3 Å². The summed E-state index contributed by atoms with van der Waals surface area (Å²) in [4.78, 5) is 16.4. The van der Waals surface area contributed by atoms with Crippen LogP contribution in [-0.2, 0) is 15.5 Å². The van der Waals surface area contributed by atoms with Crippen LogP contribution in [0.2, 0.25) is 0 Å². The summed E-state index contributed by atoms with van der Waals surface area (Å²) in [5.74, 6) is 1.08. The fraction of sp³-hybridized carbons (Fsp3) is 0.529. The Hall–Kier alpha value is -1.36. The van der Waals surface area contributed by atoms with Gasteiger partial charge in [-0.2, -0.15) is 0 Å². The van der Waals surface area contributed by atoms with Crippen molar-refractivity contribution in [3.05, 3.63) is 30.3 Å². The highest BCUT2D eigenvalue weighted by Gasteiger charge is 2.15. The number of rotatable bonds is 7. The third-order valence-corrected chi connectivity index (χ3v) is 4.27. The zero-order valence-electron chi connectivity index (χ0n) is 15.7. The van der Waals surface area contributed by atoms with E-state index >= 15 is 0 Å². The van der Waals surface area contributed by atoms with E-state index in [4.69, 9.17) is 4.74 Å². The van der Waals surface area contributed by atoms with Crippen LogP contribution in [0.25, 0.3) is 0 Å². The largest absolute Gasteiger partial charge is 0.444 e. The Balaban J connectivity index is 0.00000625. The lowest BCUT2D eigenvalue weighted by Crippen LogP contribution is -2.43. The summed E-state index contributed by atoms with van der Waals surface area (Å²) in [6.45, 7) is 6.88. The number of hydrogen-bond acceptors (Lipinski definition) is 4. The Morgan fingerprint density at radius 3 is 2.23 bits per heavy atom. The van der Waals surface area contributed by atoms with Crippen LogP contribution in [0.1, 0.15) is 20.8 Å². The van der Waals surface area contributed by atoms with Gasteiger partial charge in [-0.1, -0.05) is 18.2 Å². The molecule has 1 rings (SSSR count). The number of amides is 1. The lowest BCUT2D eigenvalue weighted by atomic mass is 10.2. The predicted molar refractivity (Wildman–Crippen MR) is 117 cm³/mol. The van der Waals surface area contributed by atoms with Gasteiger partial charge in [-0.15, -0.1) is 24.0 Å². The van der Waals surface area contributed by atoms with Crippen molar-refractivity contribution < 1.29 is 13.7 Å². The van der Waals surface area contributed by atoms with E-state index in [1.54, 1.807) is 7.05 Å². The SMILES string of the molecule is CN=C(NCCNC(=O)OC(C)(C)C)NCCS(=O)c1ccccc1.I. The molecule has 1 aromatic carbocycles. The number of halogens is 1. The molecule has 0 saturated carbocycles. The van der Waals surface area contributed by atoms with E-state index in [2.05, 4.69) is 20.9 Å². The molecule has 26 heavy (non-hydrogen) atoms. The quantitative estimate of drug-likeness (QED) is 0.233. The number of nitrogens with zero attached hydrogens (tertiary/aromatic N) is 1. The third kappa shape index (κ3) is 11.3. The van der Waals surface area contributed by atoms with Crippen molar-refractivity contribution in [2.45, 2.75) is 31.3 Å². The van der Waals surface area contributed by atoms with E-state index in [0.717, 1.165) is 4.90 Å². The molecule has 7 nitrogen and oxygen atoms in total. The van der Waals surface area contributed by atoms with Crippen LogP contribution in [0.15, 0.2) is 40.2 Å². The minimum Gasteiger partial charge on any atom is -0.444 e. The average molecular weight is 496 g/mol. The summed E-state index contributed by atoms with van der Waals surface area (Å²) < 4.78 is 17.3. The minimum atomic E-state index is -1.04.